The average Bonchev–Trinajstić information content (AvgIpc) is 3.02. The van der Waals surface area contributed by atoms with E-state index in [1.165, 1.54) is 11.3 Å². The number of halogens is 1. The molecule has 2 aromatic heterocycles. The SMILES string of the molecule is Cc1noc(CNS(=O)(=O)c2csc3ccc(Cl)cc23)n1. The van der Waals surface area contributed by atoms with E-state index in [0.717, 1.165) is 4.70 Å². The zero-order valence-corrected chi connectivity index (χ0v) is 13.2. The van der Waals surface area contributed by atoms with Crippen molar-refractivity contribution in [1.82, 2.24) is 14.9 Å². The van der Waals surface area contributed by atoms with Gasteiger partial charge in [0.2, 0.25) is 15.9 Å². The van der Waals surface area contributed by atoms with Gasteiger partial charge in [-0.2, -0.15) is 4.98 Å². The molecule has 3 rings (SSSR count). The normalized spacial score (nSPS) is 12.1. The second-order valence-corrected chi connectivity index (χ2v) is 7.38. The van der Waals surface area contributed by atoms with Crippen LogP contribution in [0.1, 0.15) is 11.7 Å². The van der Waals surface area contributed by atoms with E-state index in [4.69, 9.17) is 16.1 Å². The molecule has 0 aliphatic carbocycles. The minimum atomic E-state index is -3.68. The molecule has 0 radical (unpaired) electrons. The van der Waals surface area contributed by atoms with Crippen molar-refractivity contribution in [1.29, 1.82) is 0 Å². The maximum Gasteiger partial charge on any atom is 0.242 e. The quantitative estimate of drug-likeness (QED) is 0.787. The average molecular weight is 344 g/mol. The van der Waals surface area contributed by atoms with Gasteiger partial charge >= 0.3 is 0 Å². The van der Waals surface area contributed by atoms with Crippen LogP contribution in [-0.2, 0) is 16.6 Å². The van der Waals surface area contributed by atoms with Gasteiger partial charge in [0.25, 0.3) is 0 Å². The maximum absolute atomic E-state index is 12.4. The van der Waals surface area contributed by atoms with Gasteiger partial charge in [-0.25, -0.2) is 13.1 Å². The molecule has 0 amide bonds. The molecule has 21 heavy (non-hydrogen) atoms. The molecule has 110 valence electrons. The van der Waals surface area contributed by atoms with Crippen molar-refractivity contribution in [2.24, 2.45) is 0 Å². The summed E-state index contributed by atoms with van der Waals surface area (Å²) in [4.78, 5) is 4.14. The highest BCUT2D eigenvalue weighted by atomic mass is 35.5. The summed E-state index contributed by atoms with van der Waals surface area (Å²) in [6.07, 6.45) is 0. The molecule has 6 nitrogen and oxygen atoms in total. The standard InChI is InChI=1S/C12H10ClN3O3S2/c1-7-15-12(19-16-7)5-14-21(17,18)11-6-20-10-3-2-8(13)4-9(10)11/h2-4,6,14H,5H2,1H3. The monoisotopic (exact) mass is 343 g/mol. The molecule has 0 aliphatic heterocycles. The molecular weight excluding hydrogens is 334 g/mol. The molecule has 0 aliphatic rings. The van der Waals surface area contributed by atoms with Crippen LogP contribution >= 0.6 is 22.9 Å². The van der Waals surface area contributed by atoms with Gasteiger partial charge in [-0.1, -0.05) is 16.8 Å². The first-order valence-corrected chi connectivity index (χ1v) is 8.65. The summed E-state index contributed by atoms with van der Waals surface area (Å²) < 4.78 is 32.9. The maximum atomic E-state index is 12.4. The van der Waals surface area contributed by atoms with E-state index in [9.17, 15) is 8.42 Å². The Morgan fingerprint density at radius 3 is 2.95 bits per heavy atom. The summed E-state index contributed by atoms with van der Waals surface area (Å²) in [5.74, 6) is 0.672. The smallest absolute Gasteiger partial charge is 0.242 e. The lowest BCUT2D eigenvalue weighted by Gasteiger charge is -2.03. The van der Waals surface area contributed by atoms with Crippen molar-refractivity contribution in [2.75, 3.05) is 0 Å². The lowest BCUT2D eigenvalue weighted by atomic mass is 10.3. The van der Waals surface area contributed by atoms with Crippen LogP contribution in [0.3, 0.4) is 0 Å². The minimum Gasteiger partial charge on any atom is -0.338 e. The molecule has 0 bridgehead atoms. The minimum absolute atomic E-state index is 0.0545. The number of benzene rings is 1. The predicted molar refractivity (Wildman–Crippen MR) is 79.9 cm³/mol. The number of nitrogens with zero attached hydrogens (tertiary/aromatic N) is 2. The number of rotatable bonds is 4. The highest BCUT2D eigenvalue weighted by Crippen LogP contribution is 2.31. The fraction of sp³-hybridized carbons (Fsp3) is 0.167. The third-order valence-corrected chi connectivity index (χ3v) is 5.56. The van der Waals surface area contributed by atoms with Crippen molar-refractivity contribution in [2.45, 2.75) is 18.4 Å². The molecule has 9 heteroatoms. The van der Waals surface area contributed by atoms with Gasteiger partial charge in [0.1, 0.15) is 4.90 Å². The Balaban J connectivity index is 1.91. The number of fused-ring (bicyclic) bond motifs is 1. The van der Waals surface area contributed by atoms with Crippen LogP contribution in [0.5, 0.6) is 0 Å². The molecule has 0 saturated carbocycles. The number of hydrogen-bond donors (Lipinski definition) is 1. The lowest BCUT2D eigenvalue weighted by molar-refractivity contribution is 0.372. The second kappa shape index (κ2) is 5.38. The molecule has 2 heterocycles. The molecule has 1 aromatic carbocycles. The van der Waals surface area contributed by atoms with Crippen molar-refractivity contribution in [3.63, 3.8) is 0 Å². The summed E-state index contributed by atoms with van der Waals surface area (Å²) in [7, 11) is -3.68. The zero-order valence-electron chi connectivity index (χ0n) is 10.8. The number of aryl methyl sites for hydroxylation is 1. The largest absolute Gasteiger partial charge is 0.338 e. The van der Waals surface area contributed by atoms with Gasteiger partial charge in [0.15, 0.2) is 5.82 Å². The summed E-state index contributed by atoms with van der Waals surface area (Å²) in [6, 6.07) is 5.16. The Morgan fingerprint density at radius 2 is 2.24 bits per heavy atom. The number of aromatic nitrogens is 2. The molecule has 0 saturated heterocycles. The van der Waals surface area contributed by atoms with E-state index >= 15 is 0 Å². The Morgan fingerprint density at radius 1 is 1.43 bits per heavy atom. The predicted octanol–water partition coefficient (Wildman–Crippen LogP) is 2.72. The van der Waals surface area contributed by atoms with Gasteiger partial charge in [0.05, 0.1) is 6.54 Å². The van der Waals surface area contributed by atoms with Crippen LogP contribution < -0.4 is 4.72 Å². The highest BCUT2D eigenvalue weighted by Gasteiger charge is 2.20. The molecule has 0 fully saturated rings. The molecule has 0 spiro atoms. The van der Waals surface area contributed by atoms with E-state index in [2.05, 4.69) is 14.9 Å². The Bertz CT molecular complexity index is 902. The first-order valence-electron chi connectivity index (χ1n) is 5.91. The fourth-order valence-corrected chi connectivity index (χ4v) is 4.45. The van der Waals surface area contributed by atoms with Gasteiger partial charge in [-0.15, -0.1) is 11.3 Å². The van der Waals surface area contributed by atoms with Gasteiger partial charge in [0, 0.05) is 20.5 Å². The van der Waals surface area contributed by atoms with Crippen molar-refractivity contribution in [3.05, 3.63) is 40.3 Å². The zero-order chi connectivity index (χ0) is 15.0. The fourth-order valence-electron chi connectivity index (χ4n) is 1.83. The van der Waals surface area contributed by atoms with E-state index < -0.39 is 10.0 Å². The number of sulfonamides is 1. The Kier molecular flexibility index (Phi) is 3.70. The van der Waals surface area contributed by atoms with E-state index in [1.54, 1.807) is 30.5 Å². The van der Waals surface area contributed by atoms with Crippen LogP contribution in [0.4, 0.5) is 0 Å². The lowest BCUT2D eigenvalue weighted by Crippen LogP contribution is -2.23. The third-order valence-electron chi connectivity index (χ3n) is 2.77. The first kappa shape index (κ1) is 14.5. The Labute approximate surface area is 129 Å². The van der Waals surface area contributed by atoms with Crippen LogP contribution in [0, 0.1) is 6.92 Å². The molecule has 1 N–H and O–H groups in total. The van der Waals surface area contributed by atoms with Crippen LogP contribution in [0.25, 0.3) is 10.1 Å². The van der Waals surface area contributed by atoms with Crippen molar-refractivity contribution < 1.29 is 12.9 Å². The van der Waals surface area contributed by atoms with Crippen LogP contribution in [-0.4, -0.2) is 18.6 Å². The first-order chi connectivity index (χ1) is 9.95. The van der Waals surface area contributed by atoms with Gasteiger partial charge in [-0.3, -0.25) is 0 Å². The summed E-state index contributed by atoms with van der Waals surface area (Å²) in [5, 5.41) is 6.28. The topological polar surface area (TPSA) is 85.1 Å². The van der Waals surface area contributed by atoms with Gasteiger partial charge < -0.3 is 4.52 Å². The van der Waals surface area contributed by atoms with E-state index in [1.807, 2.05) is 0 Å². The summed E-state index contributed by atoms with van der Waals surface area (Å²) in [6.45, 7) is 1.61. The highest BCUT2D eigenvalue weighted by molar-refractivity contribution is 7.89. The number of hydrogen-bond acceptors (Lipinski definition) is 6. The van der Waals surface area contributed by atoms with Crippen molar-refractivity contribution in [3.8, 4) is 0 Å². The molecular formula is C12H10ClN3O3S2. The third kappa shape index (κ3) is 2.93. The Hall–Kier alpha value is -1.48. The van der Waals surface area contributed by atoms with Crippen LogP contribution in [0.15, 0.2) is 33.0 Å². The van der Waals surface area contributed by atoms with Crippen LogP contribution in [0.2, 0.25) is 5.02 Å². The second-order valence-electron chi connectivity index (χ2n) is 4.30. The molecule has 3 aromatic rings. The van der Waals surface area contributed by atoms with E-state index in [0.29, 0.717) is 16.2 Å². The number of thiophene rings is 1. The summed E-state index contributed by atoms with van der Waals surface area (Å²) in [5.41, 5.74) is 0. The van der Waals surface area contributed by atoms with Gasteiger partial charge in [-0.05, 0) is 25.1 Å². The molecule has 0 atom stereocenters. The summed E-state index contributed by atoms with van der Waals surface area (Å²) >= 11 is 7.28. The van der Waals surface area contributed by atoms with E-state index in [-0.39, 0.29) is 17.3 Å². The molecule has 0 unspecified atom stereocenters. The van der Waals surface area contributed by atoms with Crippen molar-refractivity contribution >= 4 is 43.0 Å². The number of nitrogens with one attached hydrogen (secondary N) is 1.